The molecule has 0 atom stereocenters. The summed E-state index contributed by atoms with van der Waals surface area (Å²) in [6.45, 7) is 0.859. The molecule has 100 valence electrons. The summed E-state index contributed by atoms with van der Waals surface area (Å²) in [5.41, 5.74) is 1.49. The van der Waals surface area contributed by atoms with Crippen molar-refractivity contribution in [2.24, 2.45) is 0 Å². The Balaban J connectivity index is 1.55. The number of hydrogen-bond acceptors (Lipinski definition) is 5. The summed E-state index contributed by atoms with van der Waals surface area (Å²) in [7, 11) is 0. The lowest BCUT2D eigenvalue weighted by Crippen LogP contribution is -2.05. The molecular weight excluding hydrogens is 268 g/mol. The zero-order valence-corrected chi connectivity index (χ0v) is 11.7. The van der Waals surface area contributed by atoms with Crippen LogP contribution in [0.5, 0.6) is 0 Å². The third-order valence-corrected chi connectivity index (χ3v) is 3.77. The minimum absolute atomic E-state index is 0.674. The van der Waals surface area contributed by atoms with Crippen LogP contribution in [0, 0.1) is 0 Å². The lowest BCUT2D eigenvalue weighted by atomic mass is 10.4. The van der Waals surface area contributed by atoms with E-state index in [0.717, 1.165) is 23.6 Å². The summed E-state index contributed by atoms with van der Waals surface area (Å²) in [6, 6.07) is 14.2. The summed E-state index contributed by atoms with van der Waals surface area (Å²) in [6.07, 6.45) is 3.33. The molecule has 1 N–H and O–H groups in total. The smallest absolute Gasteiger partial charge is 0.180 e. The Morgan fingerprint density at radius 1 is 0.950 bits per heavy atom. The van der Waals surface area contributed by atoms with Crippen LogP contribution >= 0.6 is 11.8 Å². The average molecular weight is 282 g/mol. The largest absolute Gasteiger partial charge is 0.369 e. The summed E-state index contributed by atoms with van der Waals surface area (Å²) < 4.78 is 0. The average Bonchev–Trinajstić information content (AvgIpc) is 2.52. The number of benzene rings is 1. The Morgan fingerprint density at radius 2 is 1.80 bits per heavy atom. The Kier molecular flexibility index (Phi) is 4.08. The van der Waals surface area contributed by atoms with E-state index in [9.17, 15) is 0 Å². The van der Waals surface area contributed by atoms with Crippen LogP contribution in [0.1, 0.15) is 0 Å². The topological polar surface area (TPSA) is 50.7 Å². The minimum atomic E-state index is 0.674. The highest BCUT2D eigenvalue weighted by atomic mass is 32.2. The molecule has 0 saturated heterocycles. The number of nitrogens with one attached hydrogen (secondary N) is 1. The molecule has 2 aromatic heterocycles. The first kappa shape index (κ1) is 12.9. The van der Waals surface area contributed by atoms with Gasteiger partial charge in [-0.1, -0.05) is 18.2 Å². The summed E-state index contributed by atoms with van der Waals surface area (Å²) in [4.78, 5) is 14.1. The van der Waals surface area contributed by atoms with Gasteiger partial charge in [0.15, 0.2) is 5.65 Å². The van der Waals surface area contributed by atoms with Crippen molar-refractivity contribution in [3.05, 3.63) is 54.9 Å². The van der Waals surface area contributed by atoms with E-state index >= 15 is 0 Å². The molecule has 0 amide bonds. The second kappa shape index (κ2) is 6.34. The van der Waals surface area contributed by atoms with Gasteiger partial charge in [-0.2, -0.15) is 0 Å². The Bertz CT molecular complexity index is 688. The standard InChI is InChI=1S/C15H14N4S/c1-2-4-12(5-3-1)20-11-10-17-14-7-6-13-15(19-14)18-9-8-16-13/h1-9H,10-11H2,(H,17,18,19). The van der Waals surface area contributed by atoms with Crippen molar-refractivity contribution in [3.8, 4) is 0 Å². The number of aromatic nitrogens is 3. The van der Waals surface area contributed by atoms with Gasteiger partial charge < -0.3 is 5.32 Å². The maximum atomic E-state index is 4.43. The molecule has 5 heteroatoms. The molecule has 0 radical (unpaired) electrons. The monoisotopic (exact) mass is 282 g/mol. The lowest BCUT2D eigenvalue weighted by molar-refractivity contribution is 1.16. The maximum absolute atomic E-state index is 4.43. The van der Waals surface area contributed by atoms with Crippen molar-refractivity contribution in [2.45, 2.75) is 4.90 Å². The normalized spacial score (nSPS) is 10.6. The van der Waals surface area contributed by atoms with Crippen LogP contribution in [0.2, 0.25) is 0 Å². The van der Waals surface area contributed by atoms with Gasteiger partial charge >= 0.3 is 0 Å². The molecule has 0 aliphatic rings. The van der Waals surface area contributed by atoms with Crippen LogP contribution in [0.15, 0.2) is 59.8 Å². The second-order valence-corrected chi connectivity index (χ2v) is 5.35. The molecule has 20 heavy (non-hydrogen) atoms. The molecule has 1 aromatic carbocycles. The molecule has 3 aromatic rings. The first-order chi connectivity index (χ1) is 9.92. The maximum Gasteiger partial charge on any atom is 0.180 e. The van der Waals surface area contributed by atoms with Gasteiger partial charge in [-0.25, -0.2) is 9.97 Å². The fourth-order valence-electron chi connectivity index (χ4n) is 1.82. The van der Waals surface area contributed by atoms with Crippen molar-refractivity contribution in [1.29, 1.82) is 0 Å². The van der Waals surface area contributed by atoms with Crippen LogP contribution in [-0.4, -0.2) is 27.2 Å². The van der Waals surface area contributed by atoms with Crippen LogP contribution in [-0.2, 0) is 0 Å². The van der Waals surface area contributed by atoms with E-state index < -0.39 is 0 Å². The lowest BCUT2D eigenvalue weighted by Gasteiger charge is -2.06. The zero-order valence-electron chi connectivity index (χ0n) is 10.9. The summed E-state index contributed by atoms with van der Waals surface area (Å²) in [5.74, 6) is 1.83. The molecule has 4 nitrogen and oxygen atoms in total. The minimum Gasteiger partial charge on any atom is -0.369 e. The van der Waals surface area contributed by atoms with Gasteiger partial charge in [-0.15, -0.1) is 11.8 Å². The van der Waals surface area contributed by atoms with E-state index in [-0.39, 0.29) is 0 Å². The van der Waals surface area contributed by atoms with Crippen molar-refractivity contribution < 1.29 is 0 Å². The number of fused-ring (bicyclic) bond motifs is 1. The third kappa shape index (κ3) is 3.24. The van der Waals surface area contributed by atoms with Gasteiger partial charge in [-0.05, 0) is 24.3 Å². The highest BCUT2D eigenvalue weighted by Crippen LogP contribution is 2.16. The van der Waals surface area contributed by atoms with Crippen molar-refractivity contribution >= 4 is 28.7 Å². The Hall–Kier alpha value is -2.14. The number of thioether (sulfide) groups is 1. The van der Waals surface area contributed by atoms with Crippen molar-refractivity contribution in [2.75, 3.05) is 17.6 Å². The summed E-state index contributed by atoms with van der Waals surface area (Å²) >= 11 is 1.83. The van der Waals surface area contributed by atoms with Gasteiger partial charge in [0.2, 0.25) is 0 Å². The van der Waals surface area contributed by atoms with Gasteiger partial charge in [0.1, 0.15) is 11.3 Å². The van der Waals surface area contributed by atoms with Crippen LogP contribution in [0.25, 0.3) is 11.2 Å². The highest BCUT2D eigenvalue weighted by molar-refractivity contribution is 7.99. The van der Waals surface area contributed by atoms with Gasteiger partial charge in [-0.3, -0.25) is 4.98 Å². The fourth-order valence-corrected chi connectivity index (χ4v) is 2.61. The number of pyridine rings is 1. The van der Waals surface area contributed by atoms with Gasteiger partial charge in [0.05, 0.1) is 0 Å². The molecule has 0 aliphatic heterocycles. The van der Waals surface area contributed by atoms with Gasteiger partial charge in [0, 0.05) is 29.6 Å². The fraction of sp³-hybridized carbons (Fsp3) is 0.133. The summed E-state index contributed by atoms with van der Waals surface area (Å²) in [5, 5.41) is 3.31. The molecule has 0 saturated carbocycles. The second-order valence-electron chi connectivity index (χ2n) is 4.18. The van der Waals surface area contributed by atoms with E-state index in [4.69, 9.17) is 0 Å². The molecule has 0 bridgehead atoms. The first-order valence-electron chi connectivity index (χ1n) is 6.41. The third-order valence-electron chi connectivity index (χ3n) is 2.75. The predicted molar refractivity (Wildman–Crippen MR) is 83.0 cm³/mol. The van der Waals surface area contributed by atoms with E-state index in [0.29, 0.717) is 5.65 Å². The number of hydrogen-bond donors (Lipinski definition) is 1. The molecular formula is C15H14N4S. The van der Waals surface area contributed by atoms with Crippen LogP contribution < -0.4 is 5.32 Å². The van der Waals surface area contributed by atoms with Gasteiger partial charge in [0.25, 0.3) is 0 Å². The molecule has 3 rings (SSSR count). The molecule has 0 spiro atoms. The van der Waals surface area contributed by atoms with E-state index in [2.05, 4.69) is 44.5 Å². The predicted octanol–water partition coefficient (Wildman–Crippen LogP) is 3.23. The van der Waals surface area contributed by atoms with Crippen molar-refractivity contribution in [3.63, 3.8) is 0 Å². The number of rotatable bonds is 5. The van der Waals surface area contributed by atoms with Crippen LogP contribution in [0.4, 0.5) is 5.82 Å². The van der Waals surface area contributed by atoms with E-state index in [1.165, 1.54) is 4.90 Å². The van der Waals surface area contributed by atoms with E-state index in [1.54, 1.807) is 12.4 Å². The highest BCUT2D eigenvalue weighted by Gasteiger charge is 1.99. The van der Waals surface area contributed by atoms with E-state index in [1.807, 2.05) is 30.0 Å². The molecule has 0 unspecified atom stereocenters. The number of nitrogens with zero attached hydrogens (tertiary/aromatic N) is 3. The SMILES string of the molecule is c1ccc(SCCNc2ccc3nccnc3n2)cc1. The first-order valence-corrected chi connectivity index (χ1v) is 7.40. The van der Waals surface area contributed by atoms with Crippen molar-refractivity contribution in [1.82, 2.24) is 15.0 Å². The number of anilines is 1. The zero-order chi connectivity index (χ0) is 13.6. The molecule has 0 fully saturated rings. The van der Waals surface area contributed by atoms with Crippen LogP contribution in [0.3, 0.4) is 0 Å². The Labute approximate surface area is 121 Å². The quantitative estimate of drug-likeness (QED) is 0.575. The molecule has 0 aliphatic carbocycles. The Morgan fingerprint density at radius 3 is 2.70 bits per heavy atom. The molecule has 2 heterocycles.